The molecule has 1 aliphatic rings. The number of hydrogen-bond donors (Lipinski definition) is 1. The molecule has 3 nitrogen and oxygen atoms in total. The number of aromatic nitrogens is 1. The summed E-state index contributed by atoms with van der Waals surface area (Å²) in [4.78, 5) is 4.60. The van der Waals surface area contributed by atoms with Crippen LogP contribution < -0.4 is 5.32 Å². The molecule has 2 atom stereocenters. The summed E-state index contributed by atoms with van der Waals surface area (Å²) in [7, 11) is 0. The van der Waals surface area contributed by atoms with E-state index in [1.54, 1.807) is 11.3 Å². The maximum absolute atomic E-state index is 6.02. The SMILES string of the molecule is CCCNC(Cc1csc(C)n1)C(OCC)C1CC1. The fourth-order valence-electron chi connectivity index (χ4n) is 2.56. The molecule has 1 aromatic rings. The Labute approximate surface area is 120 Å². The Morgan fingerprint density at radius 3 is 2.79 bits per heavy atom. The predicted octanol–water partition coefficient (Wildman–Crippen LogP) is 3.18. The average Bonchev–Trinajstić information content (AvgIpc) is 3.15. The third kappa shape index (κ3) is 4.55. The molecule has 1 fully saturated rings. The van der Waals surface area contributed by atoms with Gasteiger partial charge in [0.1, 0.15) is 0 Å². The highest BCUT2D eigenvalue weighted by molar-refractivity contribution is 7.09. The van der Waals surface area contributed by atoms with Gasteiger partial charge in [0.2, 0.25) is 0 Å². The molecule has 0 bridgehead atoms. The normalized spacial score (nSPS) is 18.5. The fraction of sp³-hybridized carbons (Fsp3) is 0.800. The number of hydrogen-bond acceptors (Lipinski definition) is 4. The first-order chi connectivity index (χ1) is 9.24. The minimum Gasteiger partial charge on any atom is -0.377 e. The van der Waals surface area contributed by atoms with Crippen molar-refractivity contribution in [2.75, 3.05) is 13.2 Å². The topological polar surface area (TPSA) is 34.2 Å². The maximum atomic E-state index is 6.02. The zero-order valence-corrected chi connectivity index (χ0v) is 13.1. The van der Waals surface area contributed by atoms with Crippen molar-refractivity contribution in [2.24, 2.45) is 5.92 Å². The molecule has 1 aromatic heterocycles. The number of thiazole rings is 1. The van der Waals surface area contributed by atoms with Gasteiger partial charge in [0.05, 0.1) is 16.8 Å². The van der Waals surface area contributed by atoms with E-state index < -0.39 is 0 Å². The Morgan fingerprint density at radius 2 is 2.26 bits per heavy atom. The van der Waals surface area contributed by atoms with E-state index in [0.717, 1.165) is 36.9 Å². The van der Waals surface area contributed by atoms with Crippen molar-refractivity contribution in [1.82, 2.24) is 10.3 Å². The third-order valence-corrected chi connectivity index (χ3v) is 4.42. The number of rotatable bonds is 9. The number of aryl methyl sites for hydroxylation is 1. The Kier molecular flexibility index (Phi) is 5.79. The lowest BCUT2D eigenvalue weighted by Crippen LogP contribution is -2.44. The molecule has 0 radical (unpaired) electrons. The van der Waals surface area contributed by atoms with Gasteiger partial charge in [-0.1, -0.05) is 6.92 Å². The van der Waals surface area contributed by atoms with E-state index in [2.05, 4.69) is 36.5 Å². The summed E-state index contributed by atoms with van der Waals surface area (Å²) in [5.41, 5.74) is 1.21. The van der Waals surface area contributed by atoms with E-state index in [-0.39, 0.29) is 0 Å². The minimum atomic E-state index is 0.360. The zero-order valence-electron chi connectivity index (χ0n) is 12.3. The van der Waals surface area contributed by atoms with E-state index in [0.29, 0.717) is 12.1 Å². The first kappa shape index (κ1) is 14.9. The Hall–Kier alpha value is -0.450. The largest absolute Gasteiger partial charge is 0.377 e. The van der Waals surface area contributed by atoms with Gasteiger partial charge in [-0.15, -0.1) is 11.3 Å². The molecule has 19 heavy (non-hydrogen) atoms. The summed E-state index contributed by atoms with van der Waals surface area (Å²) in [5, 5.41) is 7.02. The van der Waals surface area contributed by atoms with Crippen molar-refractivity contribution in [2.45, 2.75) is 58.6 Å². The van der Waals surface area contributed by atoms with Crippen molar-refractivity contribution in [3.05, 3.63) is 16.1 Å². The van der Waals surface area contributed by atoms with Crippen LogP contribution in [0.25, 0.3) is 0 Å². The van der Waals surface area contributed by atoms with Gasteiger partial charge in [-0.25, -0.2) is 4.98 Å². The van der Waals surface area contributed by atoms with Gasteiger partial charge < -0.3 is 10.1 Å². The summed E-state index contributed by atoms with van der Waals surface area (Å²) in [5.74, 6) is 0.758. The molecular formula is C15H26N2OS. The van der Waals surface area contributed by atoms with Crippen molar-refractivity contribution in [3.63, 3.8) is 0 Å². The van der Waals surface area contributed by atoms with Crippen molar-refractivity contribution in [3.8, 4) is 0 Å². The van der Waals surface area contributed by atoms with Crippen LogP contribution in [-0.2, 0) is 11.2 Å². The molecular weight excluding hydrogens is 256 g/mol. The summed E-state index contributed by atoms with van der Waals surface area (Å²) in [6, 6.07) is 0.411. The Morgan fingerprint density at radius 1 is 1.47 bits per heavy atom. The van der Waals surface area contributed by atoms with Crippen LogP contribution in [0.5, 0.6) is 0 Å². The summed E-state index contributed by atoms with van der Waals surface area (Å²) in [6.07, 6.45) is 5.16. The molecule has 108 valence electrons. The second-order valence-electron chi connectivity index (χ2n) is 5.38. The first-order valence-corrected chi connectivity index (χ1v) is 8.38. The lowest BCUT2D eigenvalue weighted by Gasteiger charge is -2.27. The van der Waals surface area contributed by atoms with E-state index in [9.17, 15) is 0 Å². The van der Waals surface area contributed by atoms with Gasteiger partial charge in [0.25, 0.3) is 0 Å². The molecule has 1 aliphatic carbocycles. The highest BCUT2D eigenvalue weighted by Gasteiger charge is 2.37. The molecule has 0 amide bonds. The Balaban J connectivity index is 2.00. The summed E-state index contributed by atoms with van der Waals surface area (Å²) in [6.45, 7) is 8.25. The molecule has 1 N–H and O–H groups in total. The second-order valence-corrected chi connectivity index (χ2v) is 6.44. The van der Waals surface area contributed by atoms with Crippen LogP contribution in [0.15, 0.2) is 5.38 Å². The maximum Gasteiger partial charge on any atom is 0.0897 e. The molecule has 0 aliphatic heterocycles. The quantitative estimate of drug-likeness (QED) is 0.755. The predicted molar refractivity (Wildman–Crippen MR) is 80.8 cm³/mol. The smallest absolute Gasteiger partial charge is 0.0897 e. The van der Waals surface area contributed by atoms with Crippen molar-refractivity contribution >= 4 is 11.3 Å². The van der Waals surface area contributed by atoms with Gasteiger partial charge in [-0.3, -0.25) is 0 Å². The number of nitrogens with zero attached hydrogens (tertiary/aromatic N) is 1. The number of ether oxygens (including phenoxy) is 1. The van der Waals surface area contributed by atoms with E-state index in [4.69, 9.17) is 4.74 Å². The molecule has 1 saturated carbocycles. The molecule has 0 spiro atoms. The molecule has 4 heteroatoms. The van der Waals surface area contributed by atoms with Gasteiger partial charge in [0.15, 0.2) is 0 Å². The highest BCUT2D eigenvalue weighted by Crippen LogP contribution is 2.36. The van der Waals surface area contributed by atoms with Gasteiger partial charge in [-0.05, 0) is 45.6 Å². The van der Waals surface area contributed by atoms with E-state index in [1.165, 1.54) is 18.5 Å². The van der Waals surface area contributed by atoms with Gasteiger partial charge >= 0.3 is 0 Å². The monoisotopic (exact) mass is 282 g/mol. The molecule has 1 heterocycles. The molecule has 2 rings (SSSR count). The zero-order chi connectivity index (χ0) is 13.7. The van der Waals surface area contributed by atoms with Gasteiger partial charge in [-0.2, -0.15) is 0 Å². The summed E-state index contributed by atoms with van der Waals surface area (Å²) < 4.78 is 6.02. The summed E-state index contributed by atoms with van der Waals surface area (Å²) >= 11 is 1.74. The number of nitrogens with one attached hydrogen (secondary N) is 1. The third-order valence-electron chi connectivity index (χ3n) is 3.59. The van der Waals surface area contributed by atoms with E-state index in [1.807, 2.05) is 0 Å². The average molecular weight is 282 g/mol. The van der Waals surface area contributed by atoms with E-state index >= 15 is 0 Å². The van der Waals surface area contributed by atoms with Crippen LogP contribution >= 0.6 is 11.3 Å². The molecule has 0 saturated heterocycles. The van der Waals surface area contributed by atoms with Gasteiger partial charge in [0, 0.05) is 24.4 Å². The first-order valence-electron chi connectivity index (χ1n) is 7.50. The van der Waals surface area contributed by atoms with Crippen molar-refractivity contribution < 1.29 is 4.74 Å². The van der Waals surface area contributed by atoms with Crippen LogP contribution in [0, 0.1) is 12.8 Å². The fourth-order valence-corrected chi connectivity index (χ4v) is 3.18. The van der Waals surface area contributed by atoms with Crippen LogP contribution in [0.3, 0.4) is 0 Å². The van der Waals surface area contributed by atoms with Crippen LogP contribution in [0.1, 0.15) is 43.8 Å². The standard InChI is InChI=1S/C15H26N2OS/c1-4-8-16-14(9-13-10-19-11(3)17-13)15(18-5-2)12-6-7-12/h10,12,14-16H,4-9H2,1-3H3. The highest BCUT2D eigenvalue weighted by atomic mass is 32.1. The van der Waals surface area contributed by atoms with Crippen molar-refractivity contribution in [1.29, 1.82) is 0 Å². The second kappa shape index (κ2) is 7.36. The Bertz CT molecular complexity index is 376. The lowest BCUT2D eigenvalue weighted by molar-refractivity contribution is 0.0190. The van der Waals surface area contributed by atoms with Crippen LogP contribution in [0.4, 0.5) is 0 Å². The molecule has 2 unspecified atom stereocenters. The minimum absolute atomic E-state index is 0.360. The van der Waals surface area contributed by atoms with Crippen LogP contribution in [-0.4, -0.2) is 30.3 Å². The lowest BCUT2D eigenvalue weighted by atomic mass is 10.0. The van der Waals surface area contributed by atoms with Crippen LogP contribution in [0.2, 0.25) is 0 Å². The molecule has 0 aromatic carbocycles.